The third-order valence-electron chi connectivity index (χ3n) is 6.00. The van der Waals surface area contributed by atoms with Gasteiger partial charge in [0.2, 0.25) is 0 Å². The molecular weight excluding hydrogens is 369 g/mol. The first-order valence-corrected chi connectivity index (χ1v) is 10.1. The van der Waals surface area contributed by atoms with Gasteiger partial charge >= 0.3 is 0 Å². The maximum atomic E-state index is 13.7. The Morgan fingerprint density at radius 2 is 1.83 bits per heavy atom. The predicted molar refractivity (Wildman–Crippen MR) is 109 cm³/mol. The molecule has 0 N–H and O–H groups in total. The van der Waals surface area contributed by atoms with Gasteiger partial charge in [-0.05, 0) is 56.0 Å². The molecule has 2 atom stereocenters. The number of pyridine rings is 1. The minimum Gasteiger partial charge on any atom is -0.311 e. The van der Waals surface area contributed by atoms with Gasteiger partial charge in [-0.2, -0.15) is 9.50 Å². The SMILES string of the molecule is Cc1nc2nc3ccn(C4CCCCC4C)c(=O)c3c(-c3ccc(F)cc3)n2n1. The highest BCUT2D eigenvalue weighted by molar-refractivity contribution is 5.93. The molecule has 3 aromatic heterocycles. The molecule has 0 saturated heterocycles. The Kier molecular flexibility index (Phi) is 4.19. The van der Waals surface area contributed by atoms with Crippen LogP contribution in [0.4, 0.5) is 4.39 Å². The fourth-order valence-electron chi connectivity index (χ4n) is 4.54. The van der Waals surface area contributed by atoms with Crippen molar-refractivity contribution < 1.29 is 4.39 Å². The summed E-state index contributed by atoms with van der Waals surface area (Å²) >= 11 is 0. The lowest BCUT2D eigenvalue weighted by Gasteiger charge is -2.30. The molecule has 0 spiro atoms. The molecule has 148 valence electrons. The van der Waals surface area contributed by atoms with E-state index in [4.69, 9.17) is 0 Å². The highest BCUT2D eigenvalue weighted by Crippen LogP contribution is 2.33. The quantitative estimate of drug-likeness (QED) is 0.511. The third kappa shape index (κ3) is 2.92. The first kappa shape index (κ1) is 18.0. The molecule has 29 heavy (non-hydrogen) atoms. The van der Waals surface area contributed by atoms with Crippen LogP contribution in [0.5, 0.6) is 0 Å². The summed E-state index contributed by atoms with van der Waals surface area (Å²) in [7, 11) is 0. The van der Waals surface area contributed by atoms with Gasteiger partial charge in [0, 0.05) is 17.8 Å². The van der Waals surface area contributed by atoms with Crippen LogP contribution in [-0.4, -0.2) is 24.1 Å². The molecule has 5 rings (SSSR count). The van der Waals surface area contributed by atoms with Crippen LogP contribution in [-0.2, 0) is 0 Å². The van der Waals surface area contributed by atoms with Crippen molar-refractivity contribution in [1.29, 1.82) is 0 Å². The summed E-state index contributed by atoms with van der Waals surface area (Å²) in [4.78, 5) is 22.6. The van der Waals surface area contributed by atoms with Crippen molar-refractivity contribution in [3.63, 3.8) is 0 Å². The molecule has 1 aromatic carbocycles. The number of nitrogens with zero attached hydrogens (tertiary/aromatic N) is 5. The van der Waals surface area contributed by atoms with Crippen LogP contribution < -0.4 is 5.56 Å². The molecule has 6 nitrogen and oxygen atoms in total. The minimum atomic E-state index is -0.327. The fraction of sp³-hybridized carbons (Fsp3) is 0.364. The van der Waals surface area contributed by atoms with Crippen molar-refractivity contribution in [3.8, 4) is 11.3 Å². The van der Waals surface area contributed by atoms with Crippen LogP contribution in [0.15, 0.2) is 41.3 Å². The van der Waals surface area contributed by atoms with Crippen LogP contribution in [0.2, 0.25) is 0 Å². The van der Waals surface area contributed by atoms with E-state index in [1.165, 1.54) is 18.6 Å². The normalized spacial score (nSPS) is 19.8. The van der Waals surface area contributed by atoms with E-state index in [0.29, 0.717) is 39.7 Å². The standard InChI is InChI=1S/C22H22FN5O/c1-13-5-3-4-6-18(13)27-12-11-17-19(21(27)29)20(15-7-9-16(23)10-8-15)28-22(25-17)24-14(2)26-28/h7-13,18H,3-6H2,1-2H3. The van der Waals surface area contributed by atoms with Crippen molar-refractivity contribution in [2.75, 3.05) is 0 Å². The number of hydrogen-bond donors (Lipinski definition) is 0. The average molecular weight is 391 g/mol. The smallest absolute Gasteiger partial charge is 0.262 e. The number of aryl methyl sites for hydroxylation is 1. The van der Waals surface area contributed by atoms with Crippen LogP contribution in [0.3, 0.4) is 0 Å². The zero-order valence-corrected chi connectivity index (χ0v) is 16.5. The van der Waals surface area contributed by atoms with E-state index in [2.05, 4.69) is 22.0 Å². The summed E-state index contributed by atoms with van der Waals surface area (Å²) in [6.07, 6.45) is 6.32. The topological polar surface area (TPSA) is 65.1 Å². The zero-order chi connectivity index (χ0) is 20.1. The summed E-state index contributed by atoms with van der Waals surface area (Å²) in [5.74, 6) is 1.11. The Morgan fingerprint density at radius 3 is 2.59 bits per heavy atom. The molecule has 3 heterocycles. The Hall–Kier alpha value is -3.09. The van der Waals surface area contributed by atoms with E-state index in [9.17, 15) is 9.18 Å². The summed E-state index contributed by atoms with van der Waals surface area (Å²) in [6.45, 7) is 4.00. The largest absolute Gasteiger partial charge is 0.311 e. The van der Waals surface area contributed by atoms with E-state index in [0.717, 1.165) is 19.3 Å². The van der Waals surface area contributed by atoms with Gasteiger partial charge in [0.25, 0.3) is 11.3 Å². The molecule has 0 radical (unpaired) electrons. The van der Waals surface area contributed by atoms with Gasteiger partial charge in [-0.25, -0.2) is 9.37 Å². The van der Waals surface area contributed by atoms with Gasteiger partial charge in [0.05, 0.1) is 16.6 Å². The number of halogens is 1. The van der Waals surface area contributed by atoms with Crippen LogP contribution in [0, 0.1) is 18.7 Å². The highest BCUT2D eigenvalue weighted by atomic mass is 19.1. The van der Waals surface area contributed by atoms with E-state index in [-0.39, 0.29) is 17.4 Å². The van der Waals surface area contributed by atoms with Crippen molar-refractivity contribution >= 4 is 16.7 Å². The van der Waals surface area contributed by atoms with Gasteiger partial charge in [-0.15, -0.1) is 5.10 Å². The molecule has 4 aromatic rings. The number of aromatic nitrogens is 5. The zero-order valence-electron chi connectivity index (χ0n) is 16.5. The molecule has 0 bridgehead atoms. The van der Waals surface area contributed by atoms with E-state index >= 15 is 0 Å². The third-order valence-corrected chi connectivity index (χ3v) is 6.00. The minimum absolute atomic E-state index is 0.0804. The van der Waals surface area contributed by atoms with Crippen molar-refractivity contribution in [2.24, 2.45) is 5.92 Å². The summed E-state index contributed by atoms with van der Waals surface area (Å²) < 4.78 is 17.0. The maximum absolute atomic E-state index is 13.7. The highest BCUT2D eigenvalue weighted by Gasteiger charge is 2.26. The van der Waals surface area contributed by atoms with Crippen LogP contribution in [0.25, 0.3) is 27.9 Å². The van der Waals surface area contributed by atoms with Crippen molar-refractivity contribution in [2.45, 2.75) is 45.6 Å². The molecule has 0 aliphatic heterocycles. The van der Waals surface area contributed by atoms with Crippen LogP contribution in [0.1, 0.15) is 44.5 Å². The lowest BCUT2D eigenvalue weighted by molar-refractivity contribution is 0.253. The second-order valence-corrected chi connectivity index (χ2v) is 7.96. The molecule has 1 aliphatic rings. The van der Waals surface area contributed by atoms with Crippen molar-refractivity contribution in [1.82, 2.24) is 24.1 Å². The summed E-state index contributed by atoms with van der Waals surface area (Å²) in [5.41, 5.74) is 1.81. The predicted octanol–water partition coefficient (Wildman–Crippen LogP) is 4.30. The Bertz CT molecular complexity index is 1270. The van der Waals surface area contributed by atoms with Gasteiger partial charge in [0.15, 0.2) is 0 Å². The molecular formula is C22H22FN5O. The summed E-state index contributed by atoms with van der Waals surface area (Å²) in [5, 5.41) is 4.96. The van der Waals surface area contributed by atoms with Gasteiger partial charge in [-0.1, -0.05) is 19.8 Å². The average Bonchev–Trinajstić information content (AvgIpc) is 3.08. The second kappa shape index (κ2) is 6.76. The molecule has 1 saturated carbocycles. The first-order chi connectivity index (χ1) is 14.0. The molecule has 7 heteroatoms. The Labute approximate surface area is 167 Å². The molecule has 1 fully saturated rings. The second-order valence-electron chi connectivity index (χ2n) is 7.96. The maximum Gasteiger partial charge on any atom is 0.262 e. The summed E-state index contributed by atoms with van der Waals surface area (Å²) in [6, 6.07) is 8.18. The fourth-order valence-corrected chi connectivity index (χ4v) is 4.54. The number of rotatable bonds is 2. The van der Waals surface area contributed by atoms with Gasteiger partial charge < -0.3 is 4.57 Å². The Balaban J connectivity index is 1.85. The Morgan fingerprint density at radius 1 is 1.07 bits per heavy atom. The van der Waals surface area contributed by atoms with E-state index in [1.807, 2.05) is 16.8 Å². The number of fused-ring (bicyclic) bond motifs is 2. The number of benzene rings is 1. The van der Waals surface area contributed by atoms with E-state index in [1.54, 1.807) is 23.6 Å². The lowest BCUT2D eigenvalue weighted by Crippen LogP contribution is -2.31. The monoisotopic (exact) mass is 391 g/mol. The van der Waals surface area contributed by atoms with Crippen LogP contribution >= 0.6 is 0 Å². The van der Waals surface area contributed by atoms with Gasteiger partial charge in [0.1, 0.15) is 11.6 Å². The lowest BCUT2D eigenvalue weighted by atomic mass is 9.85. The first-order valence-electron chi connectivity index (χ1n) is 10.1. The molecule has 2 unspecified atom stereocenters. The van der Waals surface area contributed by atoms with Gasteiger partial charge in [-0.3, -0.25) is 4.79 Å². The van der Waals surface area contributed by atoms with E-state index < -0.39 is 0 Å². The molecule has 1 aliphatic carbocycles. The van der Waals surface area contributed by atoms with Crippen molar-refractivity contribution in [3.05, 3.63) is 58.5 Å². The number of hydrogen-bond acceptors (Lipinski definition) is 4. The molecule has 0 amide bonds.